The molecule has 0 radical (unpaired) electrons. The zero-order valence-corrected chi connectivity index (χ0v) is 34.8. The average molecular weight is 831 g/mol. The van der Waals surface area contributed by atoms with Gasteiger partial charge in [0.15, 0.2) is 5.12 Å². The Hall–Kier alpha value is -3.73. The molecular weight excluding hydrogens is 786 g/mol. The van der Waals surface area contributed by atoms with Crippen LogP contribution in [0.3, 0.4) is 0 Å². The predicted molar refractivity (Wildman–Crippen MR) is 223 cm³/mol. The van der Waals surface area contributed by atoms with Gasteiger partial charge in [-0.2, -0.15) is 0 Å². The monoisotopic (exact) mass is 829 g/mol. The number of thioether (sulfide) groups is 1. The van der Waals surface area contributed by atoms with Crippen molar-refractivity contribution in [2.24, 2.45) is 11.8 Å². The molecule has 0 aliphatic carbocycles. The van der Waals surface area contributed by atoms with Gasteiger partial charge in [0.25, 0.3) is 0 Å². The van der Waals surface area contributed by atoms with Crippen molar-refractivity contribution in [1.82, 2.24) is 39.5 Å². The summed E-state index contributed by atoms with van der Waals surface area (Å²) < 4.78 is 0. The third kappa shape index (κ3) is 7.53. The number of piperidine rings is 2. The number of hydrogen-bond donors (Lipinski definition) is 1. The molecule has 9 heterocycles. The molecule has 5 aromatic rings. The number of thiophene rings is 2. The smallest absolute Gasteiger partial charge is 0.226 e. The van der Waals surface area contributed by atoms with E-state index in [0.717, 1.165) is 120 Å². The molecule has 0 bridgehead atoms. The van der Waals surface area contributed by atoms with E-state index in [1.807, 2.05) is 28.0 Å². The molecule has 0 spiro atoms. The summed E-state index contributed by atoms with van der Waals surface area (Å²) in [5.74, 6) is 1.75. The molecule has 1 N–H and O–H groups in total. The van der Waals surface area contributed by atoms with Crippen molar-refractivity contribution in [3.05, 3.63) is 62.5 Å². The van der Waals surface area contributed by atoms with Crippen molar-refractivity contribution in [2.45, 2.75) is 62.9 Å². The number of anilines is 2. The number of hydrogen-bond acceptors (Lipinski definition) is 13. The van der Waals surface area contributed by atoms with Gasteiger partial charge >= 0.3 is 0 Å². The summed E-state index contributed by atoms with van der Waals surface area (Å²) >= 11 is 10.9. The lowest BCUT2D eigenvalue weighted by atomic mass is 9.94. The van der Waals surface area contributed by atoms with Gasteiger partial charge in [-0.15, -0.1) is 22.7 Å². The van der Waals surface area contributed by atoms with Crippen molar-refractivity contribution >= 4 is 94.9 Å². The first-order valence-electron chi connectivity index (χ1n) is 19.4. The topological polar surface area (TPSA) is 128 Å². The first-order valence-corrected chi connectivity index (χ1v) is 22.2. The molecule has 4 aromatic heterocycles. The van der Waals surface area contributed by atoms with Gasteiger partial charge < -0.3 is 24.9 Å². The lowest BCUT2D eigenvalue weighted by molar-refractivity contribution is -0.138. The van der Waals surface area contributed by atoms with Crippen LogP contribution in [0.1, 0.15) is 52.1 Å². The fourth-order valence-corrected chi connectivity index (χ4v) is 12.3. The minimum absolute atomic E-state index is 0.152. The quantitative estimate of drug-likeness (QED) is 0.202. The van der Waals surface area contributed by atoms with Crippen molar-refractivity contribution in [3.63, 3.8) is 0 Å². The molecule has 2 saturated heterocycles. The van der Waals surface area contributed by atoms with Gasteiger partial charge in [-0.05, 0) is 108 Å². The lowest BCUT2D eigenvalue weighted by Crippen LogP contribution is -2.43. The molecule has 2 fully saturated rings. The molecule has 5 aliphatic rings. The molecular formula is C40H44ClN9O3S3. The highest BCUT2D eigenvalue weighted by Crippen LogP contribution is 2.41. The summed E-state index contributed by atoms with van der Waals surface area (Å²) in [6, 6.07) is 6.05. The number of rotatable bonds is 4. The Morgan fingerprint density at radius 3 is 1.91 bits per heavy atom. The molecule has 12 nitrogen and oxygen atoms in total. The number of halogens is 1. The van der Waals surface area contributed by atoms with Crippen LogP contribution in [0, 0.1) is 11.8 Å². The number of nitrogens with zero attached hydrogens (tertiary/aromatic N) is 8. The van der Waals surface area contributed by atoms with Crippen LogP contribution in [0.4, 0.5) is 11.5 Å². The van der Waals surface area contributed by atoms with Crippen LogP contribution in [0.15, 0.2) is 35.7 Å². The molecule has 292 valence electrons. The zero-order valence-electron chi connectivity index (χ0n) is 31.6. The largest absolute Gasteiger partial charge is 0.340 e. The van der Waals surface area contributed by atoms with Crippen LogP contribution in [-0.4, -0.2) is 110 Å². The van der Waals surface area contributed by atoms with Gasteiger partial charge in [0, 0.05) is 51.7 Å². The van der Waals surface area contributed by atoms with Crippen molar-refractivity contribution in [2.75, 3.05) is 58.7 Å². The molecule has 0 atom stereocenters. The molecule has 2 amide bonds. The highest BCUT2D eigenvalue weighted by Gasteiger charge is 2.33. The van der Waals surface area contributed by atoms with Crippen molar-refractivity contribution in [3.8, 4) is 0 Å². The third-order valence-electron chi connectivity index (χ3n) is 11.9. The van der Waals surface area contributed by atoms with E-state index in [1.54, 1.807) is 29.0 Å². The highest BCUT2D eigenvalue weighted by atomic mass is 35.5. The minimum Gasteiger partial charge on any atom is -0.340 e. The number of benzene rings is 1. The Kier molecular flexibility index (Phi) is 10.7. The van der Waals surface area contributed by atoms with Crippen molar-refractivity contribution < 1.29 is 14.4 Å². The Morgan fingerprint density at radius 2 is 1.30 bits per heavy atom. The van der Waals surface area contributed by atoms with Crippen LogP contribution in [0.25, 0.3) is 20.4 Å². The zero-order chi connectivity index (χ0) is 38.5. The minimum atomic E-state index is 0.152. The number of likely N-dealkylation sites (tertiary alicyclic amines) is 2. The van der Waals surface area contributed by atoms with Crippen LogP contribution < -0.4 is 5.32 Å². The molecule has 0 unspecified atom stereocenters. The molecule has 56 heavy (non-hydrogen) atoms. The van der Waals surface area contributed by atoms with E-state index in [4.69, 9.17) is 11.6 Å². The van der Waals surface area contributed by atoms with E-state index in [-0.39, 0.29) is 17.0 Å². The van der Waals surface area contributed by atoms with E-state index >= 15 is 0 Å². The standard InChI is InChI=1S/C24H25N5O2S2.C16H19ClN4OS/c1-28-7-4-14(5-8-28)24(31)29-9-6-17-19(12-29)33-23-21(17)22(25-13-26-23)27-16-3-2-15-10-20(30)32-18(15)11-16;1-20-5-2-10(3-6-20)16(22)21-7-4-11-12(8-21)23-15-13(11)14(17)18-9-19-15/h2-3,11,13-14H,4-10,12H2,1H3,(H,25,26,27);9-10H,2-8H2,1H3. The molecule has 16 heteroatoms. The molecule has 0 saturated carbocycles. The maximum atomic E-state index is 13.2. The first kappa shape index (κ1) is 37.8. The second-order valence-corrected chi connectivity index (χ2v) is 19.2. The lowest BCUT2D eigenvalue weighted by Gasteiger charge is -2.34. The average Bonchev–Trinajstić information content (AvgIpc) is 3.90. The number of nitrogens with one attached hydrogen (secondary N) is 1. The summed E-state index contributed by atoms with van der Waals surface area (Å²) in [6.45, 7) is 6.91. The SMILES string of the molecule is CN1CCC(C(=O)N2CCc3c(sc4ncnc(Cl)c34)C2)CC1.CN1CCC(C(=O)N2CCc3c(sc4ncnc(Nc5ccc6c(c5)SC(=O)C6)c34)C2)CC1. The Balaban J connectivity index is 0.000000156. The van der Waals surface area contributed by atoms with Gasteiger partial charge in [0.2, 0.25) is 11.8 Å². The Labute approximate surface area is 343 Å². The number of carbonyl (C=O) groups is 3. The van der Waals surface area contributed by atoms with Crippen LogP contribution in [0.2, 0.25) is 5.15 Å². The van der Waals surface area contributed by atoms with Gasteiger partial charge in [0.1, 0.15) is 33.3 Å². The summed E-state index contributed by atoms with van der Waals surface area (Å²) in [6.07, 6.45) is 9.14. The van der Waals surface area contributed by atoms with Crippen LogP contribution in [-0.2, 0) is 46.7 Å². The Morgan fingerprint density at radius 1 is 0.750 bits per heavy atom. The van der Waals surface area contributed by atoms with E-state index < -0.39 is 0 Å². The number of amides is 2. The number of fused-ring (bicyclic) bond motifs is 7. The Bertz CT molecular complexity index is 2330. The highest BCUT2D eigenvalue weighted by molar-refractivity contribution is 8.14. The van der Waals surface area contributed by atoms with Gasteiger partial charge in [-0.25, -0.2) is 19.9 Å². The number of aromatic nitrogens is 4. The van der Waals surface area contributed by atoms with E-state index in [1.165, 1.54) is 39.0 Å². The summed E-state index contributed by atoms with van der Waals surface area (Å²) in [5.41, 5.74) is 4.51. The normalized spacial score (nSPS) is 19.4. The number of carbonyl (C=O) groups excluding carboxylic acids is 3. The fourth-order valence-electron chi connectivity index (χ4n) is 8.64. The second kappa shape index (κ2) is 15.9. The van der Waals surface area contributed by atoms with E-state index in [2.05, 4.69) is 49.1 Å². The van der Waals surface area contributed by atoms with Gasteiger partial charge in [0.05, 0.1) is 23.9 Å². The van der Waals surface area contributed by atoms with Crippen molar-refractivity contribution in [1.29, 1.82) is 0 Å². The predicted octanol–water partition coefficient (Wildman–Crippen LogP) is 6.41. The van der Waals surface area contributed by atoms with E-state index in [9.17, 15) is 14.4 Å². The molecule has 10 rings (SSSR count). The summed E-state index contributed by atoms with van der Waals surface area (Å²) in [4.78, 5) is 69.2. The second-order valence-electron chi connectivity index (χ2n) is 15.5. The van der Waals surface area contributed by atoms with Crippen LogP contribution >= 0.6 is 46.0 Å². The fraction of sp³-hybridized carbons (Fsp3) is 0.475. The first-order chi connectivity index (χ1) is 27.2. The van der Waals surface area contributed by atoms with Gasteiger partial charge in [-0.3, -0.25) is 14.4 Å². The molecule has 1 aromatic carbocycles. The third-order valence-corrected chi connectivity index (χ3v) is 15.4. The summed E-state index contributed by atoms with van der Waals surface area (Å²) in [5, 5.41) is 6.24. The molecule has 5 aliphatic heterocycles. The van der Waals surface area contributed by atoms with Gasteiger partial charge in [-0.1, -0.05) is 29.4 Å². The van der Waals surface area contributed by atoms with E-state index in [0.29, 0.717) is 36.5 Å². The summed E-state index contributed by atoms with van der Waals surface area (Å²) in [7, 11) is 4.24. The maximum absolute atomic E-state index is 13.2. The maximum Gasteiger partial charge on any atom is 0.226 e. The van der Waals surface area contributed by atoms with Crippen LogP contribution in [0.5, 0.6) is 0 Å².